The number of aromatic carboxylic acids is 1. The van der Waals surface area contributed by atoms with Gasteiger partial charge >= 0.3 is 35.8 Å². The van der Waals surface area contributed by atoms with Crippen LogP contribution in [0.2, 0.25) is 0 Å². The molecule has 5 atom stereocenters. The van der Waals surface area contributed by atoms with Crippen LogP contribution >= 0.6 is 45.2 Å². The number of hydrogen-bond donors (Lipinski definition) is 1. The van der Waals surface area contributed by atoms with Crippen LogP contribution in [0.25, 0.3) is 0 Å². The zero-order valence-electron chi connectivity index (χ0n) is 59.6. The van der Waals surface area contributed by atoms with Crippen molar-refractivity contribution in [3.63, 3.8) is 0 Å². The van der Waals surface area contributed by atoms with Crippen molar-refractivity contribution in [1.29, 1.82) is 0 Å². The van der Waals surface area contributed by atoms with Crippen LogP contribution in [-0.4, -0.2) is 93.6 Å². The molecule has 1 N–H and O–H groups in total. The van der Waals surface area contributed by atoms with Gasteiger partial charge in [-0.15, -0.1) is 4.21 Å². The van der Waals surface area contributed by atoms with Crippen LogP contribution in [0.3, 0.4) is 0 Å². The van der Waals surface area contributed by atoms with Gasteiger partial charge in [-0.3, -0.25) is 14.0 Å². The maximum absolute atomic E-state index is 12.2. The van der Waals surface area contributed by atoms with Crippen molar-refractivity contribution in [3.05, 3.63) is 123 Å². The van der Waals surface area contributed by atoms with Gasteiger partial charge in [-0.1, -0.05) is 85.8 Å². The molecule has 0 aromatic heterocycles. The molecule has 0 amide bonds. The number of hydrogen-bond acceptors (Lipinski definition) is 12. The van der Waals surface area contributed by atoms with Crippen molar-refractivity contribution in [1.82, 2.24) is 0 Å². The Hall–Kier alpha value is -2.86. The summed E-state index contributed by atoms with van der Waals surface area (Å²) in [5, 5.41) is 8.99. The summed E-state index contributed by atoms with van der Waals surface area (Å²) < 4.78 is 39.6. The molecular weight excluding hydrogens is 1580 g/mol. The first kappa shape index (κ1) is 89.2. The fourth-order valence-corrected chi connectivity index (χ4v) is 11.8. The Labute approximate surface area is 623 Å². The molecule has 529 valence electrons. The number of carboxylic acid groups (broad SMARTS) is 1. The minimum atomic E-state index is -1.42. The molecule has 0 heterocycles. The average molecular weight is 1700 g/mol. The number of carbonyl (C=O) groups is 6. The molecule has 0 bridgehead atoms. The Morgan fingerprint density at radius 3 is 1.10 bits per heavy atom. The number of alkyl halides is 1. The quantitative estimate of drug-likeness (QED) is 0.0272. The van der Waals surface area contributed by atoms with E-state index in [2.05, 4.69) is 82.5 Å². The molecule has 5 aliphatic rings. The van der Waals surface area contributed by atoms with Crippen LogP contribution in [0.1, 0.15) is 265 Å². The van der Waals surface area contributed by atoms with E-state index < -0.39 is 32.7 Å². The molecule has 5 fully saturated rings. The number of benzene rings is 3. The normalized spacial score (nSPS) is 23.2. The van der Waals surface area contributed by atoms with Gasteiger partial charge in [-0.05, 0) is 273 Å². The van der Waals surface area contributed by atoms with Gasteiger partial charge < -0.3 is 75.4 Å². The van der Waals surface area contributed by atoms with Crippen LogP contribution in [0.5, 0.6) is 0 Å². The molecule has 3 unspecified atom stereocenters. The van der Waals surface area contributed by atoms with Gasteiger partial charge in [0, 0.05) is 28.6 Å². The van der Waals surface area contributed by atoms with Crippen molar-refractivity contribution < 1.29 is 104 Å². The first-order valence-electron chi connectivity index (χ1n) is 33.7. The van der Waals surface area contributed by atoms with Crippen LogP contribution in [-0.2, 0) is 70.8 Å². The third-order valence-corrected chi connectivity index (χ3v) is 18.4. The largest absolute Gasteiger partial charge is 1.00 e. The second kappa shape index (κ2) is 43.6. The van der Waals surface area contributed by atoms with E-state index in [1.807, 2.05) is 131 Å². The summed E-state index contributed by atoms with van der Waals surface area (Å²) in [5.41, 5.74) is 4.14. The zero-order chi connectivity index (χ0) is 69.1. The third-order valence-electron chi connectivity index (χ3n) is 16.7. The molecule has 3 aromatic carbocycles. The molecule has 5 aliphatic carbocycles. The molecule has 0 aliphatic heterocycles. The predicted octanol–water partition coefficient (Wildman–Crippen LogP) is 16.4. The number of rotatable bonds is 16. The fraction of sp³-hybridized carbons (Fsp3) is 0.645. The molecule has 94 heavy (non-hydrogen) atoms. The Morgan fingerprint density at radius 1 is 0.553 bits per heavy atom. The van der Waals surface area contributed by atoms with Gasteiger partial charge in [0.1, 0.15) is 35.6 Å². The van der Waals surface area contributed by atoms with Gasteiger partial charge in [-0.25, -0.2) is 19.2 Å². The van der Waals surface area contributed by atoms with Crippen LogP contribution in [0, 0.1) is 45.9 Å². The molecule has 8 rings (SSSR count). The first-order valence-corrected chi connectivity index (χ1v) is 39.0. The molecule has 13 nitrogen and oxygen atoms in total. The molecule has 1 radical (unpaired) electrons. The minimum absolute atomic E-state index is 0. The van der Waals surface area contributed by atoms with Gasteiger partial charge in [0.25, 0.3) is 0 Å². The van der Waals surface area contributed by atoms with Crippen LogP contribution < -0.4 is 24.0 Å². The number of allylic oxidation sites excluding steroid dienone is 1. The molecule has 18 heteroatoms. The van der Waals surface area contributed by atoms with E-state index in [9.17, 15) is 33.0 Å². The smallest absolute Gasteiger partial charge is 0.338 e. The third kappa shape index (κ3) is 36.3. The first-order chi connectivity index (χ1) is 43.0. The monoisotopic (exact) mass is 1700 g/mol. The molecule has 0 spiro atoms. The summed E-state index contributed by atoms with van der Waals surface area (Å²) in [4.78, 5) is 70.6. The number of esters is 5. The zero-order valence-corrected chi connectivity index (χ0v) is 68.3. The number of carbonyl (C=O) groups excluding carboxylic acids is 5. The standard InChI is InChI=1S/C23H32O4.C22H30O4.C21H28O4.C4H9I.C3H6I.C3H9OS.HI.V/c1-5-26-21(24)18-12-8-16(9-13-18)15-6-10-17(11-7-15)19-14-20(19)22(25)27-23(2,3)4;1-5-25-21(24)19-13-11-18(12-14-19)17-9-6-16(7-10-17)8-15-20(23)26-22(2,3)4;1-21(2,3)25-20(24)18-12-17(18)15-8-4-13(5-9-15)14-6-10-16(11-7-14)19(22)23;1-3-4(2)5;1-2-3-4;1-5(2,3)4;;/h8-9,12-13,15,17,19-20H,5-7,10-11,14H2,1-4H3;8,11-17H,5-7,9-10H2,1-4H3;6-7,10-11,13,15,17-18H,4-5,8-9,12H2,1-3H3,(H,22,23);4H,3H2,1-2H3;3H,2H2,1H3;1-3H3;1H;/q;;;;-1;+1;;/p-1/b;15-8+;;;;;;/t15?,17?,19?,20-;;13?,15?,17?,18-;;;;;/m1.1...../s1. The number of halogens is 3. The number of ether oxygens (including phenoxy) is 5. The molecular formula is C76H114I3O13SV-. The predicted molar refractivity (Wildman–Crippen MR) is 390 cm³/mol. The second-order valence-electron chi connectivity index (χ2n) is 28.9. The fourth-order valence-electron chi connectivity index (χ4n) is 11.8. The Kier molecular flexibility index (Phi) is 41.4. The van der Waals surface area contributed by atoms with E-state index in [4.69, 9.17) is 28.8 Å². The summed E-state index contributed by atoms with van der Waals surface area (Å²) in [5.74, 6) is 2.83. The Balaban J connectivity index is 0.000000632. The summed E-state index contributed by atoms with van der Waals surface area (Å²) in [6, 6.07) is 23.0. The maximum Gasteiger partial charge on any atom is 0.338 e. The van der Waals surface area contributed by atoms with Crippen molar-refractivity contribution >= 4 is 90.9 Å². The van der Waals surface area contributed by atoms with Crippen molar-refractivity contribution in [2.45, 2.75) is 238 Å². The Morgan fingerprint density at radius 2 is 0.840 bits per heavy atom. The second-order valence-corrected chi connectivity index (χ2v) is 35.4. The van der Waals surface area contributed by atoms with Gasteiger partial charge in [-0.2, -0.15) is 6.42 Å². The van der Waals surface area contributed by atoms with E-state index in [0.717, 1.165) is 81.0 Å². The average Bonchev–Trinajstić information content (AvgIpc) is 1.64. The van der Waals surface area contributed by atoms with E-state index >= 15 is 0 Å². The summed E-state index contributed by atoms with van der Waals surface area (Å²) in [7, 11) is -1.42. The maximum atomic E-state index is 12.2. The summed E-state index contributed by atoms with van der Waals surface area (Å²) >= 11 is 4.63. The van der Waals surface area contributed by atoms with Crippen LogP contribution in [0.4, 0.5) is 0 Å². The number of carboxylic acids is 1. The van der Waals surface area contributed by atoms with Gasteiger partial charge in [0.05, 0.1) is 51.7 Å². The summed E-state index contributed by atoms with van der Waals surface area (Å²) in [6.07, 6.45) is 26.7. The van der Waals surface area contributed by atoms with Crippen LogP contribution in [0.15, 0.2) is 84.9 Å². The van der Waals surface area contributed by atoms with Crippen molar-refractivity contribution in [2.24, 2.45) is 41.4 Å². The van der Waals surface area contributed by atoms with Crippen molar-refractivity contribution in [2.75, 3.05) is 32.0 Å². The Bertz CT molecular complexity index is 2780. The SMILES string of the molecule is CC(C)(C)OC(=O)[C@@H]1CC1C1CCC(c2ccc(C(=O)O)cc2)CC1.CCC(C)I.CCOC(=O)c1ccc(C2CCC(/C=C/C(=O)OC(C)(C)C)CC2)cc1.CCOC(=O)c1ccc(C2CCC(C3C[C@H]3C(=O)OC(C)(C)C)CC2)cc1.CC[CH-]I.C[S+](C)(C)=O.[I-].[V]. The van der Waals surface area contributed by atoms with Crippen molar-refractivity contribution in [3.8, 4) is 0 Å². The summed E-state index contributed by atoms with van der Waals surface area (Å²) in [6.45, 7) is 28.1. The molecule has 0 saturated heterocycles. The van der Waals surface area contributed by atoms with E-state index in [1.165, 1.54) is 42.4 Å². The van der Waals surface area contributed by atoms with Gasteiger partial charge in [0.15, 0.2) is 0 Å². The van der Waals surface area contributed by atoms with Gasteiger partial charge in [0.2, 0.25) is 0 Å². The van der Waals surface area contributed by atoms with E-state index in [1.54, 1.807) is 37.0 Å². The van der Waals surface area contributed by atoms with E-state index in [-0.39, 0.29) is 84.2 Å². The minimum Gasteiger partial charge on any atom is -1.00 e. The molecule has 5 saturated carbocycles. The topological polar surface area (TPSA) is 186 Å². The molecule has 3 aromatic rings. The van der Waals surface area contributed by atoms with E-state index in [0.29, 0.717) is 77.2 Å².